The lowest BCUT2D eigenvalue weighted by atomic mass is 10.1. The van der Waals surface area contributed by atoms with Crippen molar-refractivity contribution in [2.75, 3.05) is 26.2 Å². The molecule has 0 bridgehead atoms. The Labute approximate surface area is 150 Å². The van der Waals surface area contributed by atoms with E-state index in [-0.39, 0.29) is 35.1 Å². The van der Waals surface area contributed by atoms with Crippen LogP contribution in [0.1, 0.15) is 28.5 Å². The highest BCUT2D eigenvalue weighted by molar-refractivity contribution is 5.91. The molecule has 2 heterocycles. The molecule has 2 atom stereocenters. The molecule has 7 nitrogen and oxygen atoms in total. The Morgan fingerprint density at radius 3 is 2.38 bits per heavy atom. The molecule has 1 aromatic carbocycles. The van der Waals surface area contributed by atoms with E-state index in [2.05, 4.69) is 0 Å². The highest BCUT2D eigenvalue weighted by Gasteiger charge is 2.46. The first-order chi connectivity index (χ1) is 12.5. The van der Waals surface area contributed by atoms with Crippen LogP contribution < -0.4 is 0 Å². The molecule has 4 rings (SSSR count). The molecule has 2 aliphatic rings. The minimum Gasteiger partial charge on any atom is -0.504 e. The third kappa shape index (κ3) is 3.00. The molecule has 0 spiro atoms. The summed E-state index contributed by atoms with van der Waals surface area (Å²) in [5.41, 5.74) is 0.866. The average Bonchev–Trinajstić information content (AvgIpc) is 3.27. The summed E-state index contributed by atoms with van der Waals surface area (Å²) in [5, 5.41) is 19.0. The number of carbonyl (C=O) groups excluding carboxylic acids is 2. The molecular formula is C19H20N2O5. The Kier molecular flexibility index (Phi) is 4.06. The van der Waals surface area contributed by atoms with Crippen LogP contribution in [0.2, 0.25) is 0 Å². The Hall–Kier alpha value is -2.96. The van der Waals surface area contributed by atoms with E-state index in [9.17, 15) is 19.8 Å². The number of benzene rings is 1. The maximum atomic E-state index is 12.7. The van der Waals surface area contributed by atoms with Gasteiger partial charge in [-0.25, -0.2) is 0 Å². The summed E-state index contributed by atoms with van der Waals surface area (Å²) in [4.78, 5) is 28.5. The average molecular weight is 356 g/mol. The zero-order chi connectivity index (χ0) is 18.3. The van der Waals surface area contributed by atoms with E-state index in [0.29, 0.717) is 31.9 Å². The van der Waals surface area contributed by atoms with E-state index in [0.717, 1.165) is 12.0 Å². The summed E-state index contributed by atoms with van der Waals surface area (Å²) < 4.78 is 5.14. The van der Waals surface area contributed by atoms with Gasteiger partial charge in [0.05, 0.1) is 6.26 Å². The summed E-state index contributed by atoms with van der Waals surface area (Å²) in [6.07, 6.45) is 2.22. The number of hydrogen-bond acceptors (Lipinski definition) is 5. The van der Waals surface area contributed by atoms with Crippen molar-refractivity contribution in [1.29, 1.82) is 0 Å². The highest BCUT2D eigenvalue weighted by atomic mass is 16.3. The lowest BCUT2D eigenvalue weighted by Gasteiger charge is -2.34. The molecule has 2 unspecified atom stereocenters. The quantitative estimate of drug-likeness (QED) is 0.818. The zero-order valence-corrected chi connectivity index (χ0v) is 14.2. The molecule has 26 heavy (non-hydrogen) atoms. The molecule has 136 valence electrons. The Morgan fingerprint density at radius 2 is 1.73 bits per heavy atom. The van der Waals surface area contributed by atoms with E-state index in [1.807, 2.05) is 0 Å². The predicted octanol–water partition coefficient (Wildman–Crippen LogP) is 1.78. The van der Waals surface area contributed by atoms with Gasteiger partial charge < -0.3 is 24.4 Å². The van der Waals surface area contributed by atoms with Crippen LogP contribution >= 0.6 is 0 Å². The van der Waals surface area contributed by atoms with Crippen LogP contribution in [0.5, 0.6) is 11.5 Å². The third-order valence-corrected chi connectivity index (χ3v) is 5.15. The van der Waals surface area contributed by atoms with E-state index in [1.165, 1.54) is 18.4 Å². The van der Waals surface area contributed by atoms with Crippen molar-refractivity contribution in [3.8, 4) is 11.5 Å². The zero-order valence-electron chi connectivity index (χ0n) is 14.2. The normalized spacial score (nSPS) is 22.3. The summed E-state index contributed by atoms with van der Waals surface area (Å²) in [6.45, 7) is 2.00. The molecule has 2 N–H and O–H groups in total. The summed E-state index contributed by atoms with van der Waals surface area (Å²) in [6, 6.07) is 8.03. The van der Waals surface area contributed by atoms with E-state index in [4.69, 9.17) is 4.42 Å². The van der Waals surface area contributed by atoms with Gasteiger partial charge in [0, 0.05) is 32.1 Å². The molecule has 1 aromatic heterocycles. The van der Waals surface area contributed by atoms with Gasteiger partial charge in [0.15, 0.2) is 17.3 Å². The monoisotopic (exact) mass is 356 g/mol. The number of amides is 2. The van der Waals surface area contributed by atoms with Gasteiger partial charge in [-0.05, 0) is 42.2 Å². The van der Waals surface area contributed by atoms with Gasteiger partial charge in [0.25, 0.3) is 5.91 Å². The minimum absolute atomic E-state index is 0.0804. The lowest BCUT2D eigenvalue weighted by molar-refractivity contribution is -0.134. The number of nitrogens with zero attached hydrogens (tertiary/aromatic N) is 2. The van der Waals surface area contributed by atoms with Crippen molar-refractivity contribution >= 4 is 11.8 Å². The molecule has 2 aromatic rings. The number of rotatable bonds is 3. The van der Waals surface area contributed by atoms with Gasteiger partial charge >= 0.3 is 0 Å². The molecule has 1 saturated heterocycles. The van der Waals surface area contributed by atoms with Crippen LogP contribution in [0, 0.1) is 5.92 Å². The van der Waals surface area contributed by atoms with Gasteiger partial charge in [-0.15, -0.1) is 0 Å². The van der Waals surface area contributed by atoms with Crippen LogP contribution in [0.4, 0.5) is 0 Å². The van der Waals surface area contributed by atoms with Gasteiger partial charge in [0.2, 0.25) is 5.91 Å². The van der Waals surface area contributed by atoms with Crippen LogP contribution in [-0.4, -0.2) is 58.0 Å². The largest absolute Gasteiger partial charge is 0.504 e. The highest BCUT2D eigenvalue weighted by Crippen LogP contribution is 2.49. The first-order valence-electron chi connectivity index (χ1n) is 8.68. The van der Waals surface area contributed by atoms with E-state index >= 15 is 0 Å². The minimum atomic E-state index is -0.161. The van der Waals surface area contributed by atoms with Crippen LogP contribution in [-0.2, 0) is 4.79 Å². The third-order valence-electron chi connectivity index (χ3n) is 5.15. The Balaban J connectivity index is 1.33. The number of hydrogen-bond donors (Lipinski definition) is 2. The van der Waals surface area contributed by atoms with Crippen molar-refractivity contribution in [1.82, 2.24) is 9.80 Å². The lowest BCUT2D eigenvalue weighted by Crippen LogP contribution is -2.51. The van der Waals surface area contributed by atoms with Crippen LogP contribution in [0.25, 0.3) is 0 Å². The number of carbonyl (C=O) groups is 2. The fraction of sp³-hybridized carbons (Fsp3) is 0.368. The van der Waals surface area contributed by atoms with Crippen molar-refractivity contribution in [3.05, 3.63) is 47.9 Å². The van der Waals surface area contributed by atoms with Gasteiger partial charge in [-0.1, -0.05) is 6.07 Å². The van der Waals surface area contributed by atoms with Gasteiger partial charge in [-0.3, -0.25) is 9.59 Å². The van der Waals surface area contributed by atoms with Crippen LogP contribution in [0.3, 0.4) is 0 Å². The van der Waals surface area contributed by atoms with E-state index in [1.54, 1.807) is 28.0 Å². The first-order valence-corrected chi connectivity index (χ1v) is 8.68. The second-order valence-corrected chi connectivity index (χ2v) is 6.79. The number of piperazine rings is 1. The predicted molar refractivity (Wildman–Crippen MR) is 91.8 cm³/mol. The molecule has 1 aliphatic heterocycles. The number of furan rings is 1. The maximum Gasteiger partial charge on any atom is 0.289 e. The SMILES string of the molecule is O=C(c1ccco1)N1CCN(C(=O)C2CC2c2ccc(O)c(O)c2)CC1. The number of phenolic OH excluding ortho intramolecular Hbond substituents is 2. The standard InChI is InChI=1S/C19H20N2O5/c22-15-4-3-12(10-16(15)23)13-11-14(13)18(24)20-5-7-21(8-6-20)19(25)17-2-1-9-26-17/h1-4,9-10,13-14,22-23H,5-8,11H2. The Bertz CT molecular complexity index is 824. The van der Waals surface area contributed by atoms with Crippen molar-refractivity contribution in [2.24, 2.45) is 5.92 Å². The molecular weight excluding hydrogens is 336 g/mol. The number of phenols is 2. The van der Waals surface area contributed by atoms with Gasteiger partial charge in [0.1, 0.15) is 0 Å². The fourth-order valence-electron chi connectivity index (χ4n) is 3.53. The van der Waals surface area contributed by atoms with E-state index < -0.39 is 0 Å². The summed E-state index contributed by atoms with van der Waals surface area (Å²) in [5.74, 6) is -0.0684. The second kappa shape index (κ2) is 6.40. The number of aromatic hydroxyl groups is 2. The van der Waals surface area contributed by atoms with Crippen molar-refractivity contribution < 1.29 is 24.2 Å². The topological polar surface area (TPSA) is 94.2 Å². The molecule has 2 fully saturated rings. The molecule has 1 aliphatic carbocycles. The smallest absolute Gasteiger partial charge is 0.289 e. The fourth-order valence-corrected chi connectivity index (χ4v) is 3.53. The Morgan fingerprint density at radius 1 is 1.00 bits per heavy atom. The summed E-state index contributed by atoms with van der Waals surface area (Å²) in [7, 11) is 0. The molecule has 0 radical (unpaired) electrons. The van der Waals surface area contributed by atoms with Gasteiger partial charge in [-0.2, -0.15) is 0 Å². The maximum absolute atomic E-state index is 12.7. The molecule has 2 amide bonds. The van der Waals surface area contributed by atoms with Crippen molar-refractivity contribution in [2.45, 2.75) is 12.3 Å². The second-order valence-electron chi connectivity index (χ2n) is 6.79. The summed E-state index contributed by atoms with van der Waals surface area (Å²) >= 11 is 0. The molecule has 1 saturated carbocycles. The molecule has 7 heteroatoms. The van der Waals surface area contributed by atoms with Crippen molar-refractivity contribution in [3.63, 3.8) is 0 Å². The first kappa shape index (κ1) is 16.5. The van der Waals surface area contributed by atoms with Crippen LogP contribution in [0.15, 0.2) is 41.0 Å².